The fourth-order valence-electron chi connectivity index (χ4n) is 3.57. The van der Waals surface area contributed by atoms with E-state index in [1.54, 1.807) is 29.2 Å². The Balaban J connectivity index is 1.52. The molecule has 6 heteroatoms. The Hall–Kier alpha value is -3.54. The third kappa shape index (κ3) is 3.13. The maximum atomic E-state index is 12.6. The highest BCUT2D eigenvalue weighted by Crippen LogP contribution is 2.35. The van der Waals surface area contributed by atoms with Crippen molar-refractivity contribution < 1.29 is 24.5 Å². The highest BCUT2D eigenvalue weighted by Gasteiger charge is 2.24. The number of amides is 1. The van der Waals surface area contributed by atoms with E-state index in [1.165, 1.54) is 0 Å². The molecule has 0 saturated carbocycles. The number of benzene rings is 3. The lowest BCUT2D eigenvalue weighted by molar-refractivity contribution is -0.121. The Bertz CT molecular complexity index is 1080. The zero-order valence-corrected chi connectivity index (χ0v) is 15.1. The van der Waals surface area contributed by atoms with E-state index < -0.39 is 12.6 Å². The highest BCUT2D eigenvalue weighted by atomic mass is 16.5. The van der Waals surface area contributed by atoms with E-state index in [0.29, 0.717) is 17.3 Å². The lowest BCUT2D eigenvalue weighted by Gasteiger charge is -2.29. The Morgan fingerprint density at radius 2 is 1.71 bits per heavy atom. The van der Waals surface area contributed by atoms with Crippen molar-refractivity contribution in [2.45, 2.75) is 12.8 Å². The number of ether oxygens (including phenoxy) is 1. The molecular weight excluding hydrogens is 358 g/mol. The molecule has 28 heavy (non-hydrogen) atoms. The normalized spacial score (nSPS) is 13.2. The molecule has 142 valence electrons. The monoisotopic (exact) mass is 377 g/mol. The van der Waals surface area contributed by atoms with Gasteiger partial charge in [-0.2, -0.15) is 0 Å². The fourth-order valence-corrected chi connectivity index (χ4v) is 3.57. The highest BCUT2D eigenvalue weighted by molar-refractivity contribution is 6.04. The van der Waals surface area contributed by atoms with Gasteiger partial charge < -0.3 is 19.8 Å². The number of anilines is 1. The summed E-state index contributed by atoms with van der Waals surface area (Å²) in [6.45, 7) is 0.121. The van der Waals surface area contributed by atoms with Crippen molar-refractivity contribution in [1.82, 2.24) is 0 Å². The van der Waals surface area contributed by atoms with Crippen LogP contribution in [-0.2, 0) is 16.0 Å². The number of phenols is 2. The van der Waals surface area contributed by atoms with Gasteiger partial charge in [-0.25, -0.2) is 4.79 Å². The minimum atomic E-state index is -0.864. The van der Waals surface area contributed by atoms with Crippen molar-refractivity contribution in [2.24, 2.45) is 0 Å². The van der Waals surface area contributed by atoms with E-state index in [2.05, 4.69) is 0 Å². The van der Waals surface area contributed by atoms with Crippen LogP contribution in [0.2, 0.25) is 0 Å². The van der Waals surface area contributed by atoms with Gasteiger partial charge in [-0.3, -0.25) is 4.79 Å². The van der Waals surface area contributed by atoms with E-state index in [9.17, 15) is 19.8 Å². The van der Waals surface area contributed by atoms with E-state index >= 15 is 0 Å². The molecule has 0 spiro atoms. The molecule has 0 fully saturated rings. The molecule has 0 atom stereocenters. The van der Waals surface area contributed by atoms with Gasteiger partial charge >= 0.3 is 5.97 Å². The third-order valence-electron chi connectivity index (χ3n) is 4.95. The van der Waals surface area contributed by atoms with Crippen LogP contribution in [0.3, 0.4) is 0 Å². The number of aryl methyl sites for hydroxylation is 1. The minimum absolute atomic E-state index is 0.142. The van der Waals surface area contributed by atoms with E-state index in [4.69, 9.17) is 4.74 Å². The average molecular weight is 377 g/mol. The number of hydrogen-bond acceptors (Lipinski definition) is 5. The predicted octanol–water partition coefficient (Wildman–Crippen LogP) is 3.39. The van der Waals surface area contributed by atoms with Crippen LogP contribution in [0.25, 0.3) is 10.8 Å². The molecule has 2 N–H and O–H groups in total. The zero-order valence-electron chi connectivity index (χ0n) is 15.1. The molecule has 3 aromatic rings. The topological polar surface area (TPSA) is 87.1 Å². The maximum absolute atomic E-state index is 12.6. The van der Waals surface area contributed by atoms with Crippen molar-refractivity contribution in [3.05, 3.63) is 65.7 Å². The second kappa shape index (κ2) is 7.23. The average Bonchev–Trinajstić information content (AvgIpc) is 2.74. The molecule has 4 rings (SSSR count). The Kier molecular flexibility index (Phi) is 4.61. The fraction of sp³-hybridized carbons (Fsp3) is 0.182. The summed E-state index contributed by atoms with van der Waals surface area (Å²) in [6.07, 6.45) is 1.75. The molecule has 0 bridgehead atoms. The van der Waals surface area contributed by atoms with Crippen LogP contribution in [0.1, 0.15) is 22.3 Å². The van der Waals surface area contributed by atoms with E-state index in [1.807, 2.05) is 24.3 Å². The minimum Gasteiger partial charge on any atom is -0.507 e. The van der Waals surface area contributed by atoms with Crippen molar-refractivity contribution in [2.75, 3.05) is 18.1 Å². The van der Waals surface area contributed by atoms with Crippen LogP contribution in [0, 0.1) is 0 Å². The number of aromatic hydroxyl groups is 2. The first-order valence-corrected chi connectivity index (χ1v) is 9.05. The second-order valence-corrected chi connectivity index (χ2v) is 6.69. The summed E-state index contributed by atoms with van der Waals surface area (Å²) in [5.41, 5.74) is 1.74. The quantitative estimate of drug-likeness (QED) is 0.540. The largest absolute Gasteiger partial charge is 0.507 e. The summed E-state index contributed by atoms with van der Waals surface area (Å²) in [4.78, 5) is 26.6. The van der Waals surface area contributed by atoms with Gasteiger partial charge in [-0.15, -0.1) is 0 Å². The summed E-state index contributed by atoms with van der Waals surface area (Å²) < 4.78 is 5.14. The first kappa shape index (κ1) is 17.9. The van der Waals surface area contributed by atoms with Crippen LogP contribution < -0.4 is 4.90 Å². The van der Waals surface area contributed by atoms with E-state index in [0.717, 1.165) is 30.2 Å². The molecule has 6 nitrogen and oxygen atoms in total. The van der Waals surface area contributed by atoms with Gasteiger partial charge in [-0.1, -0.05) is 42.5 Å². The Labute approximate surface area is 161 Å². The smallest absolute Gasteiger partial charge is 0.342 e. The van der Waals surface area contributed by atoms with Gasteiger partial charge in [0.05, 0.1) is 0 Å². The second-order valence-electron chi connectivity index (χ2n) is 6.69. The van der Waals surface area contributed by atoms with Gasteiger partial charge in [0.25, 0.3) is 5.91 Å². The number of carbonyl (C=O) groups excluding carboxylic acids is 2. The van der Waals surface area contributed by atoms with Crippen molar-refractivity contribution in [1.29, 1.82) is 0 Å². The molecule has 1 aliphatic rings. The summed E-state index contributed by atoms with van der Waals surface area (Å²) >= 11 is 0. The first-order chi connectivity index (χ1) is 13.6. The molecule has 0 aromatic heterocycles. The van der Waals surface area contributed by atoms with Crippen molar-refractivity contribution in [3.8, 4) is 11.5 Å². The van der Waals surface area contributed by atoms with Gasteiger partial charge in [0.2, 0.25) is 0 Å². The van der Waals surface area contributed by atoms with Crippen molar-refractivity contribution in [3.63, 3.8) is 0 Å². The zero-order chi connectivity index (χ0) is 19.7. The SMILES string of the molecule is O=C(OCC(=O)N1CCCc2ccccc21)c1cc(O)c2ccccc2c1O. The summed E-state index contributed by atoms with van der Waals surface area (Å²) in [5, 5.41) is 21.3. The van der Waals surface area contributed by atoms with Crippen LogP contribution in [-0.4, -0.2) is 35.2 Å². The van der Waals surface area contributed by atoms with Gasteiger partial charge in [0, 0.05) is 23.0 Å². The number of nitrogens with zero attached hydrogens (tertiary/aromatic N) is 1. The number of para-hydroxylation sites is 1. The lowest BCUT2D eigenvalue weighted by atomic mass is 10.0. The number of phenolic OH excluding ortho intramolecular Hbond substituents is 2. The standard InChI is InChI=1S/C22H19NO5/c24-19-12-17(21(26)16-9-3-2-8-15(16)19)22(27)28-13-20(25)23-11-5-7-14-6-1-4-10-18(14)23/h1-4,6,8-10,12,24,26H,5,7,11,13H2. The molecule has 0 unspecified atom stereocenters. The number of fused-ring (bicyclic) bond motifs is 2. The first-order valence-electron chi connectivity index (χ1n) is 9.05. The maximum Gasteiger partial charge on any atom is 0.342 e. The molecule has 0 saturated heterocycles. The summed E-state index contributed by atoms with van der Waals surface area (Å²) in [7, 11) is 0. The molecule has 1 amide bonds. The van der Waals surface area contributed by atoms with Gasteiger partial charge in [0.15, 0.2) is 6.61 Å². The summed E-state index contributed by atoms with van der Waals surface area (Å²) in [6, 6.07) is 15.4. The van der Waals surface area contributed by atoms with Crippen LogP contribution >= 0.6 is 0 Å². The lowest BCUT2D eigenvalue weighted by Crippen LogP contribution is -2.38. The molecule has 0 radical (unpaired) electrons. The van der Waals surface area contributed by atoms with Gasteiger partial charge in [0.1, 0.15) is 17.1 Å². The third-order valence-corrected chi connectivity index (χ3v) is 4.95. The molecule has 1 heterocycles. The molecule has 1 aliphatic heterocycles. The van der Waals surface area contributed by atoms with Crippen molar-refractivity contribution >= 4 is 28.3 Å². The number of carbonyl (C=O) groups is 2. The molecular formula is C22H19NO5. The Morgan fingerprint density at radius 3 is 2.54 bits per heavy atom. The number of rotatable bonds is 3. The Morgan fingerprint density at radius 1 is 1.00 bits per heavy atom. The predicted molar refractivity (Wildman–Crippen MR) is 105 cm³/mol. The van der Waals surface area contributed by atoms with E-state index in [-0.39, 0.29) is 23.0 Å². The van der Waals surface area contributed by atoms with Crippen LogP contribution in [0.5, 0.6) is 11.5 Å². The van der Waals surface area contributed by atoms with Crippen LogP contribution in [0.15, 0.2) is 54.6 Å². The summed E-state index contributed by atoms with van der Waals surface area (Å²) in [5.74, 6) is -1.62. The molecule has 0 aliphatic carbocycles. The van der Waals surface area contributed by atoms with Gasteiger partial charge in [-0.05, 0) is 30.5 Å². The number of esters is 1. The molecule has 3 aromatic carbocycles. The number of hydrogen-bond donors (Lipinski definition) is 2. The van der Waals surface area contributed by atoms with Crippen LogP contribution in [0.4, 0.5) is 5.69 Å².